The van der Waals surface area contributed by atoms with E-state index in [0.717, 1.165) is 4.57 Å². The summed E-state index contributed by atoms with van der Waals surface area (Å²) in [5, 5.41) is 0.167. The fraction of sp³-hybridized carbons (Fsp3) is 0.300. The number of aryl methyl sites for hydroxylation is 1. The van der Waals surface area contributed by atoms with E-state index in [1.165, 1.54) is 16.2 Å². The lowest BCUT2D eigenvalue weighted by atomic mass is 10.5. The van der Waals surface area contributed by atoms with Gasteiger partial charge >= 0.3 is 5.69 Å². The van der Waals surface area contributed by atoms with E-state index >= 15 is 0 Å². The third-order valence-corrected chi connectivity index (χ3v) is 2.95. The molecule has 2 aromatic rings. The number of fused-ring (bicyclic) bond motifs is 1. The fourth-order valence-corrected chi connectivity index (χ4v) is 1.86. The van der Waals surface area contributed by atoms with Crippen LogP contribution in [0.3, 0.4) is 0 Å². The quantitative estimate of drug-likeness (QED) is 0.571. The highest BCUT2D eigenvalue weighted by Crippen LogP contribution is 2.13. The molecule has 6 nitrogen and oxygen atoms in total. The Labute approximate surface area is 101 Å². The number of rotatable bonds is 2. The van der Waals surface area contributed by atoms with Crippen molar-refractivity contribution in [3.63, 3.8) is 0 Å². The summed E-state index contributed by atoms with van der Waals surface area (Å²) in [4.78, 5) is 27.9. The first-order valence-corrected chi connectivity index (χ1v) is 5.29. The van der Waals surface area contributed by atoms with Gasteiger partial charge in [-0.1, -0.05) is 6.08 Å². The minimum atomic E-state index is -0.433. The summed E-state index contributed by atoms with van der Waals surface area (Å²) in [6.07, 6.45) is 1.56. The van der Waals surface area contributed by atoms with Crippen LogP contribution < -0.4 is 11.2 Å². The molecule has 17 heavy (non-hydrogen) atoms. The smallest absolute Gasteiger partial charge is 0.312 e. The van der Waals surface area contributed by atoms with Crippen LogP contribution in [0.5, 0.6) is 0 Å². The molecule has 0 unspecified atom stereocenters. The maximum Gasteiger partial charge on any atom is 0.332 e. The lowest BCUT2D eigenvalue weighted by Gasteiger charge is -2.06. The lowest BCUT2D eigenvalue weighted by Crippen LogP contribution is -2.38. The molecule has 0 aliphatic rings. The summed E-state index contributed by atoms with van der Waals surface area (Å²) < 4.78 is 3.84. The van der Waals surface area contributed by atoms with Crippen molar-refractivity contribution in [1.29, 1.82) is 0 Å². The van der Waals surface area contributed by atoms with Gasteiger partial charge < -0.3 is 4.57 Å². The van der Waals surface area contributed by atoms with Crippen LogP contribution in [0.15, 0.2) is 22.2 Å². The van der Waals surface area contributed by atoms with Crippen molar-refractivity contribution in [3.05, 3.63) is 38.8 Å². The predicted octanol–water partition coefficient (Wildman–Crippen LogP) is 0.273. The van der Waals surface area contributed by atoms with E-state index < -0.39 is 11.2 Å². The summed E-state index contributed by atoms with van der Waals surface area (Å²) in [6, 6.07) is 0. The molecule has 0 atom stereocenters. The zero-order valence-electron chi connectivity index (χ0n) is 9.47. The van der Waals surface area contributed by atoms with E-state index in [4.69, 9.17) is 11.6 Å². The van der Waals surface area contributed by atoms with Gasteiger partial charge in [0.25, 0.3) is 5.56 Å². The van der Waals surface area contributed by atoms with Crippen LogP contribution in [-0.2, 0) is 20.6 Å². The van der Waals surface area contributed by atoms with Gasteiger partial charge in [-0.05, 0) is 11.6 Å². The van der Waals surface area contributed by atoms with Crippen LogP contribution >= 0.6 is 11.6 Å². The highest BCUT2D eigenvalue weighted by Gasteiger charge is 2.16. The molecule has 0 N–H and O–H groups in total. The Morgan fingerprint density at radius 1 is 1.35 bits per heavy atom. The van der Waals surface area contributed by atoms with Crippen LogP contribution in [0.4, 0.5) is 0 Å². The van der Waals surface area contributed by atoms with Gasteiger partial charge in [0.1, 0.15) is 0 Å². The maximum absolute atomic E-state index is 11.9. The highest BCUT2D eigenvalue weighted by atomic mass is 35.5. The largest absolute Gasteiger partial charge is 0.332 e. The molecule has 0 saturated heterocycles. The monoisotopic (exact) mass is 254 g/mol. The van der Waals surface area contributed by atoms with E-state index in [1.54, 1.807) is 13.1 Å². The predicted molar refractivity (Wildman–Crippen MR) is 65.4 cm³/mol. The Hall–Kier alpha value is -1.82. The average Bonchev–Trinajstić information content (AvgIpc) is 2.59. The summed E-state index contributed by atoms with van der Waals surface area (Å²) in [5.41, 5.74) is -0.256. The molecule has 2 rings (SSSR count). The molecule has 0 radical (unpaired) electrons. The normalized spacial score (nSPS) is 11.0. The topological polar surface area (TPSA) is 61.8 Å². The standard InChI is InChI=1S/C10H11ClN4O2/c1-4-5-15-7-6(13(2)9(11)12-7)8(16)14(3)10(15)17/h4H,1,5H2,2-3H3. The van der Waals surface area contributed by atoms with Gasteiger partial charge in [-0.3, -0.25) is 13.9 Å². The Morgan fingerprint density at radius 2 is 2.00 bits per heavy atom. The van der Waals surface area contributed by atoms with E-state index in [1.807, 2.05) is 0 Å². The van der Waals surface area contributed by atoms with E-state index in [-0.39, 0.29) is 17.5 Å². The lowest BCUT2D eigenvalue weighted by molar-refractivity contribution is 0.675. The first-order chi connectivity index (χ1) is 7.99. The molecule has 90 valence electrons. The molecule has 0 saturated carbocycles. The van der Waals surface area contributed by atoms with Crippen molar-refractivity contribution >= 4 is 22.8 Å². The number of imidazole rings is 1. The second kappa shape index (κ2) is 3.89. The average molecular weight is 255 g/mol. The molecule has 0 aliphatic carbocycles. The Bertz CT molecular complexity index is 722. The number of aromatic nitrogens is 4. The molecular weight excluding hydrogens is 244 g/mol. The van der Waals surface area contributed by atoms with Crippen molar-refractivity contribution in [2.45, 2.75) is 6.54 Å². The van der Waals surface area contributed by atoms with Crippen molar-refractivity contribution in [1.82, 2.24) is 18.7 Å². The molecule has 0 aliphatic heterocycles. The van der Waals surface area contributed by atoms with Crippen molar-refractivity contribution in [2.75, 3.05) is 0 Å². The molecule has 7 heteroatoms. The van der Waals surface area contributed by atoms with Crippen LogP contribution in [0.25, 0.3) is 11.2 Å². The van der Waals surface area contributed by atoms with E-state index in [9.17, 15) is 9.59 Å². The van der Waals surface area contributed by atoms with Gasteiger partial charge in [0, 0.05) is 20.6 Å². The zero-order chi connectivity index (χ0) is 12.7. The SMILES string of the molecule is C=CCn1c(=O)n(C)c(=O)c2c1nc(Cl)n2C. The van der Waals surface area contributed by atoms with E-state index in [2.05, 4.69) is 11.6 Å². The number of allylic oxidation sites excluding steroid dienone is 1. The van der Waals surface area contributed by atoms with Gasteiger partial charge in [0.05, 0.1) is 0 Å². The van der Waals surface area contributed by atoms with Crippen molar-refractivity contribution in [3.8, 4) is 0 Å². The van der Waals surface area contributed by atoms with E-state index in [0.29, 0.717) is 5.52 Å². The maximum atomic E-state index is 11.9. The Morgan fingerprint density at radius 3 is 2.59 bits per heavy atom. The molecule has 0 fully saturated rings. The molecule has 0 aromatic carbocycles. The summed E-state index contributed by atoms with van der Waals surface area (Å²) in [6.45, 7) is 3.85. The van der Waals surface area contributed by atoms with Crippen LogP contribution in [0.2, 0.25) is 5.28 Å². The highest BCUT2D eigenvalue weighted by molar-refractivity contribution is 6.29. The minimum Gasteiger partial charge on any atom is -0.312 e. The molecule has 0 bridgehead atoms. The number of hydrogen-bond acceptors (Lipinski definition) is 3. The second-order valence-electron chi connectivity index (χ2n) is 3.66. The second-order valence-corrected chi connectivity index (χ2v) is 4.00. The minimum absolute atomic E-state index is 0.167. The van der Waals surface area contributed by atoms with Crippen LogP contribution in [0.1, 0.15) is 0 Å². The van der Waals surface area contributed by atoms with Gasteiger partial charge in [0.15, 0.2) is 11.2 Å². The first-order valence-electron chi connectivity index (χ1n) is 4.91. The fourth-order valence-electron chi connectivity index (χ4n) is 1.70. The van der Waals surface area contributed by atoms with Crippen LogP contribution in [0, 0.1) is 0 Å². The van der Waals surface area contributed by atoms with Crippen molar-refractivity contribution < 1.29 is 0 Å². The van der Waals surface area contributed by atoms with Gasteiger partial charge in [-0.15, -0.1) is 6.58 Å². The molecule has 0 spiro atoms. The summed E-state index contributed by atoms with van der Waals surface area (Å²) >= 11 is 5.86. The number of halogens is 1. The zero-order valence-corrected chi connectivity index (χ0v) is 10.2. The Balaban J connectivity index is 3.09. The number of nitrogens with zero attached hydrogens (tertiary/aromatic N) is 4. The number of hydrogen-bond donors (Lipinski definition) is 0. The molecule has 0 amide bonds. The van der Waals surface area contributed by atoms with Gasteiger partial charge in [-0.25, -0.2) is 4.79 Å². The van der Waals surface area contributed by atoms with Crippen LogP contribution in [-0.4, -0.2) is 18.7 Å². The molecule has 2 heterocycles. The van der Waals surface area contributed by atoms with Crippen molar-refractivity contribution in [2.24, 2.45) is 14.1 Å². The summed E-state index contributed by atoms with van der Waals surface area (Å²) in [7, 11) is 3.05. The third kappa shape index (κ3) is 1.52. The molecular formula is C10H11ClN4O2. The Kier molecular flexibility index (Phi) is 2.66. The molecule has 2 aromatic heterocycles. The third-order valence-electron chi connectivity index (χ3n) is 2.61. The van der Waals surface area contributed by atoms with Gasteiger partial charge in [-0.2, -0.15) is 4.98 Å². The summed E-state index contributed by atoms with van der Waals surface area (Å²) in [5.74, 6) is 0. The van der Waals surface area contributed by atoms with Gasteiger partial charge in [0.2, 0.25) is 5.28 Å². The first kappa shape index (κ1) is 11.7.